The van der Waals surface area contributed by atoms with Crippen LogP contribution in [0.1, 0.15) is 26.3 Å². The zero-order valence-corrected chi connectivity index (χ0v) is 17.8. The van der Waals surface area contributed by atoms with Gasteiger partial charge >= 0.3 is 6.16 Å². The van der Waals surface area contributed by atoms with Crippen LogP contribution in [0.2, 0.25) is 0 Å². The Bertz CT molecular complexity index is 973. The minimum Gasteiger partial charge on any atom is -0.437 e. The molecule has 0 aromatic heterocycles. The second-order valence-corrected chi connectivity index (χ2v) is 6.87. The molecule has 1 aliphatic heterocycles. The number of benzene rings is 1. The minimum absolute atomic E-state index is 0.189. The molecular weight excluding hydrogens is 378 g/mol. The molecule has 1 fully saturated rings. The molecule has 0 bridgehead atoms. The maximum Gasteiger partial charge on any atom is 0.513 e. The number of allylic oxidation sites excluding steroid dienone is 6. The average Bonchev–Trinajstić information content (AvgIpc) is 3.01. The summed E-state index contributed by atoms with van der Waals surface area (Å²) in [6.45, 7) is 13.6. The first-order chi connectivity index (χ1) is 14.3. The van der Waals surface area contributed by atoms with Crippen molar-refractivity contribution >= 4 is 12.1 Å². The van der Waals surface area contributed by atoms with Gasteiger partial charge < -0.3 is 14.8 Å². The van der Waals surface area contributed by atoms with E-state index in [1.807, 2.05) is 39.0 Å². The van der Waals surface area contributed by atoms with E-state index < -0.39 is 11.7 Å². The monoisotopic (exact) mass is 405 g/mol. The molecular formula is C25H27NO4. The Morgan fingerprint density at radius 3 is 2.30 bits per heavy atom. The second-order valence-electron chi connectivity index (χ2n) is 6.87. The first kappa shape index (κ1) is 22.7. The van der Waals surface area contributed by atoms with Crippen LogP contribution in [0.25, 0.3) is 0 Å². The lowest BCUT2D eigenvalue weighted by molar-refractivity contribution is -0.117. The smallest absolute Gasteiger partial charge is 0.437 e. The molecule has 1 N–H and O–H groups in total. The number of carbonyl (C=O) groups is 2. The van der Waals surface area contributed by atoms with Crippen LogP contribution in [-0.4, -0.2) is 19.2 Å². The lowest BCUT2D eigenvalue weighted by Crippen LogP contribution is -2.41. The third-order valence-corrected chi connectivity index (χ3v) is 4.72. The first-order valence-electron chi connectivity index (χ1n) is 9.50. The van der Waals surface area contributed by atoms with Gasteiger partial charge in [-0.3, -0.25) is 4.79 Å². The third kappa shape index (κ3) is 4.35. The van der Waals surface area contributed by atoms with E-state index in [0.29, 0.717) is 11.3 Å². The van der Waals surface area contributed by atoms with Crippen molar-refractivity contribution in [1.29, 1.82) is 0 Å². The second kappa shape index (κ2) is 9.74. The fourth-order valence-electron chi connectivity index (χ4n) is 3.38. The van der Waals surface area contributed by atoms with Gasteiger partial charge in [0, 0.05) is 5.57 Å². The Morgan fingerprint density at radius 2 is 1.80 bits per heavy atom. The van der Waals surface area contributed by atoms with Crippen molar-refractivity contribution in [2.45, 2.75) is 26.3 Å². The van der Waals surface area contributed by atoms with Crippen LogP contribution < -0.4 is 10.1 Å². The molecule has 0 spiro atoms. The van der Waals surface area contributed by atoms with Crippen molar-refractivity contribution in [1.82, 2.24) is 5.32 Å². The Morgan fingerprint density at radius 1 is 1.13 bits per heavy atom. The summed E-state index contributed by atoms with van der Waals surface area (Å²) < 4.78 is 9.61. The molecule has 2 rings (SSSR count). The fourth-order valence-corrected chi connectivity index (χ4v) is 3.38. The van der Waals surface area contributed by atoms with Gasteiger partial charge in [0.05, 0.1) is 7.11 Å². The zero-order valence-electron chi connectivity index (χ0n) is 17.8. The minimum atomic E-state index is -0.968. The van der Waals surface area contributed by atoms with E-state index >= 15 is 0 Å². The Kier molecular flexibility index (Phi) is 7.37. The molecule has 30 heavy (non-hydrogen) atoms. The number of hydrogen-bond acceptors (Lipinski definition) is 4. The molecule has 5 nitrogen and oxygen atoms in total. The van der Waals surface area contributed by atoms with Gasteiger partial charge in [-0.05, 0) is 49.6 Å². The quantitative estimate of drug-likeness (QED) is 0.302. The van der Waals surface area contributed by atoms with Crippen molar-refractivity contribution in [3.63, 3.8) is 0 Å². The summed E-state index contributed by atoms with van der Waals surface area (Å²) in [5.41, 5.74) is 3.05. The van der Waals surface area contributed by atoms with Gasteiger partial charge in [-0.15, -0.1) is 0 Å². The molecule has 1 amide bonds. The normalized spacial score (nSPS) is 21.2. The Labute approximate surface area is 177 Å². The van der Waals surface area contributed by atoms with Gasteiger partial charge in [-0.25, -0.2) is 4.79 Å². The number of rotatable bonds is 6. The molecule has 1 unspecified atom stereocenters. The predicted molar refractivity (Wildman–Crippen MR) is 119 cm³/mol. The third-order valence-electron chi connectivity index (χ3n) is 4.72. The summed E-state index contributed by atoms with van der Waals surface area (Å²) in [4.78, 5) is 24.3. The molecule has 1 aromatic rings. The van der Waals surface area contributed by atoms with Crippen LogP contribution in [0.3, 0.4) is 0 Å². The highest BCUT2D eigenvalue weighted by Crippen LogP contribution is 2.45. The van der Waals surface area contributed by atoms with Crippen molar-refractivity contribution in [3.8, 4) is 5.75 Å². The summed E-state index contributed by atoms with van der Waals surface area (Å²) in [6, 6.07) is 6.91. The number of nitrogens with one attached hydrogen (secondary N) is 1. The van der Waals surface area contributed by atoms with Crippen LogP contribution in [0.4, 0.5) is 4.79 Å². The number of amides is 1. The molecule has 1 atom stereocenters. The molecule has 0 aliphatic carbocycles. The largest absolute Gasteiger partial charge is 0.513 e. The topological polar surface area (TPSA) is 64.6 Å². The standard InChI is InChI=1S/C25H27NO4/c1-7-10-22-21(9-3)23(27)26-25(22,18(8-2)12-11-17(4)5)19-13-15-20(16-14-19)30-24(28)29-6/h7-16H,1-2H2,3-6H3,(H,26,27)/b18-12+,21-9+,22-10?. The van der Waals surface area contributed by atoms with Gasteiger partial charge in [0.25, 0.3) is 5.91 Å². The van der Waals surface area contributed by atoms with Gasteiger partial charge in [0.15, 0.2) is 0 Å². The van der Waals surface area contributed by atoms with Crippen LogP contribution in [-0.2, 0) is 15.1 Å². The van der Waals surface area contributed by atoms with Gasteiger partial charge in [-0.1, -0.05) is 67.3 Å². The van der Waals surface area contributed by atoms with Crippen molar-refractivity contribution < 1.29 is 19.1 Å². The van der Waals surface area contributed by atoms with Gasteiger partial charge in [0.2, 0.25) is 0 Å². The summed E-state index contributed by atoms with van der Waals surface area (Å²) in [6.07, 6.45) is 10.1. The Hall–Kier alpha value is -3.60. The van der Waals surface area contributed by atoms with Crippen molar-refractivity contribution in [3.05, 3.63) is 102 Å². The molecule has 1 saturated heterocycles. The number of ether oxygens (including phenoxy) is 2. The summed E-state index contributed by atoms with van der Waals surface area (Å²) in [5, 5.41) is 3.14. The average molecular weight is 405 g/mol. The van der Waals surface area contributed by atoms with Crippen molar-refractivity contribution in [2.75, 3.05) is 7.11 Å². The maximum atomic E-state index is 12.9. The summed E-state index contributed by atoms with van der Waals surface area (Å²) in [7, 11) is 1.25. The number of methoxy groups -OCH3 is 1. The van der Waals surface area contributed by atoms with Crippen LogP contribution in [0.15, 0.2) is 96.2 Å². The lowest BCUT2D eigenvalue weighted by Gasteiger charge is -2.33. The highest BCUT2D eigenvalue weighted by molar-refractivity contribution is 6.04. The summed E-state index contributed by atoms with van der Waals surface area (Å²) in [5.74, 6) is 0.143. The van der Waals surface area contributed by atoms with Gasteiger partial charge in [-0.2, -0.15) is 0 Å². The van der Waals surface area contributed by atoms with Crippen LogP contribution >= 0.6 is 0 Å². The number of carbonyl (C=O) groups excluding carboxylic acids is 2. The lowest BCUT2D eigenvalue weighted by atomic mass is 9.76. The molecule has 5 heteroatoms. The zero-order chi connectivity index (χ0) is 22.3. The highest BCUT2D eigenvalue weighted by atomic mass is 16.7. The first-order valence-corrected chi connectivity index (χ1v) is 9.50. The van der Waals surface area contributed by atoms with E-state index in [0.717, 1.165) is 22.3 Å². The highest BCUT2D eigenvalue weighted by Gasteiger charge is 2.48. The van der Waals surface area contributed by atoms with E-state index in [4.69, 9.17) is 4.74 Å². The van der Waals surface area contributed by atoms with E-state index in [1.165, 1.54) is 7.11 Å². The molecule has 1 heterocycles. The Balaban J connectivity index is 2.76. The molecule has 1 aliphatic rings. The maximum absolute atomic E-state index is 12.9. The molecule has 156 valence electrons. The predicted octanol–water partition coefficient (Wildman–Crippen LogP) is 5.29. The van der Waals surface area contributed by atoms with Crippen LogP contribution in [0.5, 0.6) is 5.75 Å². The van der Waals surface area contributed by atoms with E-state index in [-0.39, 0.29) is 5.91 Å². The number of hydrogen-bond donors (Lipinski definition) is 1. The van der Waals surface area contributed by atoms with Gasteiger partial charge in [0.1, 0.15) is 11.3 Å². The van der Waals surface area contributed by atoms with E-state index in [9.17, 15) is 9.59 Å². The molecule has 0 saturated carbocycles. The van der Waals surface area contributed by atoms with Crippen molar-refractivity contribution in [2.24, 2.45) is 0 Å². The summed E-state index contributed by atoms with van der Waals surface area (Å²) >= 11 is 0. The van der Waals surface area contributed by atoms with E-state index in [2.05, 4.69) is 23.2 Å². The van der Waals surface area contributed by atoms with E-state index in [1.54, 1.807) is 42.5 Å². The molecule has 0 radical (unpaired) electrons. The molecule has 1 aromatic carbocycles. The fraction of sp³-hybridized carbons (Fsp3) is 0.200. The SMILES string of the molecule is C=CC=C1/C(=C\C)C(=O)NC1(/C(C=C)=C/C=C(C)C)c1ccc(OC(=O)OC)cc1. The van der Waals surface area contributed by atoms with Crippen LogP contribution in [0, 0.1) is 0 Å².